The number of amides is 1. The quantitative estimate of drug-likeness (QED) is 0.793. The van der Waals surface area contributed by atoms with Gasteiger partial charge in [-0.1, -0.05) is 0 Å². The van der Waals surface area contributed by atoms with Gasteiger partial charge >= 0.3 is 0 Å². The van der Waals surface area contributed by atoms with Gasteiger partial charge in [-0.05, 0) is 31.4 Å². The van der Waals surface area contributed by atoms with Crippen molar-refractivity contribution in [3.8, 4) is 0 Å². The molecule has 0 aromatic heterocycles. The molecule has 2 rings (SSSR count). The van der Waals surface area contributed by atoms with Crippen molar-refractivity contribution in [1.29, 1.82) is 0 Å². The predicted molar refractivity (Wildman–Crippen MR) is 59.4 cm³/mol. The summed E-state index contributed by atoms with van der Waals surface area (Å²) in [6.07, 6.45) is 2.10. The fourth-order valence-corrected chi connectivity index (χ4v) is 2.11. The number of nitrogens with two attached hydrogens (primary N) is 1. The lowest BCUT2D eigenvalue weighted by atomic mass is 10.1. The third kappa shape index (κ3) is 2.48. The standard InChI is InChI=1S/C12H13F3N2O/c13-9-4-3-8(10(14)11(9)15)12(18)17-7-2-1-6(16)5-7/h3-4,6-7H,1-2,5,16H2,(H,17,18). The van der Waals surface area contributed by atoms with Crippen molar-refractivity contribution in [2.45, 2.75) is 31.3 Å². The number of halogens is 3. The molecule has 3 N–H and O–H groups in total. The Morgan fingerprint density at radius 3 is 2.56 bits per heavy atom. The van der Waals surface area contributed by atoms with E-state index in [0.717, 1.165) is 18.6 Å². The average molecular weight is 258 g/mol. The average Bonchev–Trinajstić information content (AvgIpc) is 2.71. The van der Waals surface area contributed by atoms with Gasteiger partial charge in [0.05, 0.1) is 5.56 Å². The molecular weight excluding hydrogens is 245 g/mol. The number of benzene rings is 1. The van der Waals surface area contributed by atoms with Crippen molar-refractivity contribution in [2.24, 2.45) is 5.73 Å². The predicted octanol–water partition coefficient (Wildman–Crippen LogP) is 1.71. The van der Waals surface area contributed by atoms with Crippen LogP contribution in [0.15, 0.2) is 12.1 Å². The van der Waals surface area contributed by atoms with Crippen LogP contribution >= 0.6 is 0 Å². The van der Waals surface area contributed by atoms with Crippen LogP contribution in [-0.4, -0.2) is 18.0 Å². The molecule has 0 spiro atoms. The van der Waals surface area contributed by atoms with E-state index in [9.17, 15) is 18.0 Å². The molecule has 98 valence electrons. The number of carbonyl (C=O) groups excluding carboxylic acids is 1. The normalized spacial score (nSPS) is 23.1. The molecule has 2 unspecified atom stereocenters. The Morgan fingerprint density at radius 1 is 1.22 bits per heavy atom. The number of hydrogen-bond acceptors (Lipinski definition) is 2. The van der Waals surface area contributed by atoms with Crippen molar-refractivity contribution in [2.75, 3.05) is 0 Å². The molecule has 1 aromatic rings. The fraction of sp³-hybridized carbons (Fsp3) is 0.417. The highest BCUT2D eigenvalue weighted by molar-refractivity contribution is 5.94. The Bertz CT molecular complexity index is 479. The highest BCUT2D eigenvalue weighted by atomic mass is 19.2. The Labute approximate surface area is 102 Å². The second-order valence-corrected chi connectivity index (χ2v) is 4.47. The van der Waals surface area contributed by atoms with Gasteiger partial charge in [-0.25, -0.2) is 13.2 Å². The molecule has 1 aliphatic rings. The summed E-state index contributed by atoms with van der Waals surface area (Å²) < 4.78 is 39.1. The summed E-state index contributed by atoms with van der Waals surface area (Å²) in [5.74, 6) is -5.15. The lowest BCUT2D eigenvalue weighted by Crippen LogP contribution is -2.34. The second kappa shape index (κ2) is 4.97. The van der Waals surface area contributed by atoms with Crippen molar-refractivity contribution < 1.29 is 18.0 Å². The van der Waals surface area contributed by atoms with E-state index < -0.39 is 28.9 Å². The molecule has 1 saturated carbocycles. The molecule has 0 bridgehead atoms. The maximum Gasteiger partial charge on any atom is 0.254 e. The van der Waals surface area contributed by atoms with Crippen LogP contribution in [-0.2, 0) is 0 Å². The van der Waals surface area contributed by atoms with E-state index in [2.05, 4.69) is 5.32 Å². The Kier molecular flexibility index (Phi) is 3.56. The number of rotatable bonds is 2. The first-order valence-corrected chi connectivity index (χ1v) is 5.69. The summed E-state index contributed by atoms with van der Waals surface area (Å²) in [6.45, 7) is 0. The van der Waals surface area contributed by atoms with Gasteiger partial charge in [0, 0.05) is 12.1 Å². The van der Waals surface area contributed by atoms with Crippen LogP contribution in [0.3, 0.4) is 0 Å². The van der Waals surface area contributed by atoms with E-state index in [0.29, 0.717) is 12.8 Å². The van der Waals surface area contributed by atoms with Gasteiger partial charge in [-0.3, -0.25) is 4.79 Å². The maximum atomic E-state index is 13.4. The Balaban J connectivity index is 2.12. The van der Waals surface area contributed by atoms with Gasteiger partial charge in [0.25, 0.3) is 5.91 Å². The van der Waals surface area contributed by atoms with Gasteiger partial charge in [0.1, 0.15) is 0 Å². The number of hydrogen-bond donors (Lipinski definition) is 2. The van der Waals surface area contributed by atoms with Gasteiger partial charge in [0.15, 0.2) is 17.5 Å². The van der Waals surface area contributed by atoms with Gasteiger partial charge in [0.2, 0.25) is 0 Å². The lowest BCUT2D eigenvalue weighted by molar-refractivity contribution is 0.0932. The molecule has 0 aliphatic heterocycles. The van der Waals surface area contributed by atoms with Crippen LogP contribution in [0.25, 0.3) is 0 Å². The molecule has 1 fully saturated rings. The maximum absolute atomic E-state index is 13.4. The topological polar surface area (TPSA) is 55.1 Å². The van der Waals surface area contributed by atoms with Crippen LogP contribution in [0, 0.1) is 17.5 Å². The van der Waals surface area contributed by atoms with Crippen LogP contribution in [0.4, 0.5) is 13.2 Å². The zero-order valence-electron chi connectivity index (χ0n) is 9.55. The molecule has 1 aromatic carbocycles. The zero-order chi connectivity index (χ0) is 13.3. The number of carbonyl (C=O) groups is 1. The first kappa shape index (κ1) is 12.9. The van der Waals surface area contributed by atoms with Gasteiger partial charge in [-0.15, -0.1) is 0 Å². The van der Waals surface area contributed by atoms with Crippen LogP contribution < -0.4 is 11.1 Å². The first-order valence-electron chi connectivity index (χ1n) is 5.69. The van der Waals surface area contributed by atoms with E-state index in [1.165, 1.54) is 0 Å². The van der Waals surface area contributed by atoms with Gasteiger partial charge in [-0.2, -0.15) is 0 Å². The fourth-order valence-electron chi connectivity index (χ4n) is 2.11. The third-order valence-corrected chi connectivity index (χ3v) is 3.09. The molecule has 0 saturated heterocycles. The van der Waals surface area contributed by atoms with Crippen LogP contribution in [0.5, 0.6) is 0 Å². The molecule has 0 heterocycles. The van der Waals surface area contributed by atoms with Crippen molar-refractivity contribution >= 4 is 5.91 Å². The molecule has 18 heavy (non-hydrogen) atoms. The minimum atomic E-state index is -1.63. The third-order valence-electron chi connectivity index (χ3n) is 3.09. The second-order valence-electron chi connectivity index (χ2n) is 4.47. The van der Waals surface area contributed by atoms with Crippen molar-refractivity contribution in [1.82, 2.24) is 5.32 Å². The van der Waals surface area contributed by atoms with Crippen molar-refractivity contribution in [3.05, 3.63) is 35.1 Å². The molecule has 2 atom stereocenters. The van der Waals surface area contributed by atoms with E-state index >= 15 is 0 Å². The monoisotopic (exact) mass is 258 g/mol. The summed E-state index contributed by atoms with van der Waals surface area (Å²) in [5, 5.41) is 2.57. The number of nitrogens with one attached hydrogen (secondary N) is 1. The smallest absolute Gasteiger partial charge is 0.254 e. The van der Waals surface area contributed by atoms with E-state index in [-0.39, 0.29) is 12.1 Å². The minimum absolute atomic E-state index is 0.0186. The molecule has 1 amide bonds. The van der Waals surface area contributed by atoms with Crippen LogP contribution in [0.1, 0.15) is 29.6 Å². The largest absolute Gasteiger partial charge is 0.349 e. The Hall–Kier alpha value is -1.56. The SMILES string of the molecule is NC1CCC(NC(=O)c2ccc(F)c(F)c2F)C1. The van der Waals surface area contributed by atoms with Gasteiger partial charge < -0.3 is 11.1 Å². The Morgan fingerprint density at radius 2 is 1.94 bits per heavy atom. The first-order chi connectivity index (χ1) is 8.49. The van der Waals surface area contributed by atoms with E-state index in [1.54, 1.807) is 0 Å². The summed E-state index contributed by atoms with van der Waals surface area (Å²) >= 11 is 0. The molecule has 3 nitrogen and oxygen atoms in total. The lowest BCUT2D eigenvalue weighted by Gasteiger charge is -2.13. The highest BCUT2D eigenvalue weighted by Gasteiger charge is 2.25. The molecule has 0 radical (unpaired) electrons. The summed E-state index contributed by atoms with van der Waals surface area (Å²) in [7, 11) is 0. The molecule has 1 aliphatic carbocycles. The van der Waals surface area contributed by atoms with E-state index in [4.69, 9.17) is 5.73 Å². The molecule has 6 heteroatoms. The summed E-state index contributed by atoms with van der Waals surface area (Å²) in [6, 6.07) is 1.54. The van der Waals surface area contributed by atoms with Crippen molar-refractivity contribution in [3.63, 3.8) is 0 Å². The minimum Gasteiger partial charge on any atom is -0.349 e. The summed E-state index contributed by atoms with van der Waals surface area (Å²) in [5.41, 5.74) is 5.19. The van der Waals surface area contributed by atoms with Crippen LogP contribution in [0.2, 0.25) is 0 Å². The highest BCUT2D eigenvalue weighted by Crippen LogP contribution is 2.19. The van der Waals surface area contributed by atoms with E-state index in [1.807, 2.05) is 0 Å². The molecular formula is C12H13F3N2O. The summed E-state index contributed by atoms with van der Waals surface area (Å²) in [4.78, 5) is 11.7. The zero-order valence-corrected chi connectivity index (χ0v) is 9.55.